The van der Waals surface area contributed by atoms with E-state index >= 15 is 0 Å². The zero-order valence-corrected chi connectivity index (χ0v) is 13.4. The van der Waals surface area contributed by atoms with Crippen LogP contribution in [0.5, 0.6) is 0 Å². The minimum absolute atomic E-state index is 0.170. The number of hydrogen-bond donors (Lipinski definition) is 1. The Balaban J connectivity index is 1.88. The number of carbonyl (C=O) groups is 1. The van der Waals surface area contributed by atoms with Gasteiger partial charge in [-0.2, -0.15) is 10.2 Å². The molecule has 1 aromatic carbocycles. The molecule has 0 aliphatic rings. The maximum Gasteiger partial charge on any atom is 0.257 e. The van der Waals surface area contributed by atoms with Crippen molar-refractivity contribution in [2.45, 2.75) is 6.54 Å². The monoisotopic (exact) mass is 330 g/mol. The van der Waals surface area contributed by atoms with Gasteiger partial charge in [-0.25, -0.2) is 4.98 Å². The van der Waals surface area contributed by atoms with Gasteiger partial charge in [0.2, 0.25) is 0 Å². The molecule has 0 fully saturated rings. The fraction of sp³-hybridized carbons (Fsp3) is 0.200. The minimum atomic E-state index is -0.170. The number of nitrogens with zero attached hydrogens (tertiary/aromatic N) is 5. The van der Waals surface area contributed by atoms with Crippen molar-refractivity contribution in [2.75, 3.05) is 7.05 Å². The summed E-state index contributed by atoms with van der Waals surface area (Å²) in [6, 6.07) is 7.31. The average molecular weight is 331 g/mol. The highest BCUT2D eigenvalue weighted by Crippen LogP contribution is 2.29. The number of nitrogens with one attached hydrogen (secondary N) is 1. The summed E-state index contributed by atoms with van der Waals surface area (Å²) in [6.45, 7) is 0.350. The molecular formula is C15H15ClN6O. The van der Waals surface area contributed by atoms with Crippen LogP contribution < -0.4 is 0 Å². The summed E-state index contributed by atoms with van der Waals surface area (Å²) in [6.07, 6.45) is 2.97. The molecule has 0 saturated heterocycles. The lowest BCUT2D eigenvalue weighted by molar-refractivity contribution is 0.0781. The van der Waals surface area contributed by atoms with E-state index in [9.17, 15) is 4.79 Å². The first-order chi connectivity index (χ1) is 11.1. The number of aromatic amines is 1. The van der Waals surface area contributed by atoms with Gasteiger partial charge in [0.25, 0.3) is 5.91 Å². The summed E-state index contributed by atoms with van der Waals surface area (Å²) in [4.78, 5) is 18.4. The summed E-state index contributed by atoms with van der Waals surface area (Å²) < 4.78 is 1.63. The summed E-state index contributed by atoms with van der Waals surface area (Å²) in [7, 11) is 3.49. The van der Waals surface area contributed by atoms with E-state index < -0.39 is 0 Å². The second-order valence-electron chi connectivity index (χ2n) is 5.10. The van der Waals surface area contributed by atoms with Crippen LogP contribution in [0.2, 0.25) is 5.02 Å². The molecule has 118 valence electrons. The first kappa shape index (κ1) is 15.2. The molecule has 8 heteroatoms. The third kappa shape index (κ3) is 2.95. The number of carbonyl (C=O) groups excluding carboxylic acids is 1. The van der Waals surface area contributed by atoms with E-state index in [4.69, 9.17) is 11.6 Å². The van der Waals surface area contributed by atoms with Crippen LogP contribution in [0.25, 0.3) is 11.3 Å². The number of aromatic nitrogens is 5. The second-order valence-corrected chi connectivity index (χ2v) is 5.51. The quantitative estimate of drug-likeness (QED) is 0.794. The van der Waals surface area contributed by atoms with Crippen LogP contribution in [0.3, 0.4) is 0 Å². The smallest absolute Gasteiger partial charge is 0.257 e. The number of amides is 1. The van der Waals surface area contributed by atoms with Crippen molar-refractivity contribution >= 4 is 17.5 Å². The Labute approximate surface area is 137 Å². The molecule has 0 radical (unpaired) electrons. The second kappa shape index (κ2) is 6.21. The van der Waals surface area contributed by atoms with Gasteiger partial charge in [0.1, 0.15) is 12.2 Å². The molecule has 0 unspecified atom stereocenters. The SMILES string of the molecule is CN(Cc1ncnn1C)C(=O)c1cn[nH]c1-c1ccccc1Cl. The molecule has 0 saturated carbocycles. The Morgan fingerprint density at radius 1 is 1.39 bits per heavy atom. The summed E-state index contributed by atoms with van der Waals surface area (Å²) in [5.41, 5.74) is 1.80. The predicted octanol–water partition coefficient (Wildman–Crippen LogP) is 2.13. The van der Waals surface area contributed by atoms with Crippen LogP contribution in [-0.2, 0) is 13.6 Å². The maximum atomic E-state index is 12.7. The van der Waals surface area contributed by atoms with Gasteiger partial charge in [-0.05, 0) is 6.07 Å². The molecule has 3 aromatic rings. The number of halogens is 1. The molecule has 1 amide bonds. The number of H-pyrrole nitrogens is 1. The van der Waals surface area contributed by atoms with Gasteiger partial charge in [-0.3, -0.25) is 14.6 Å². The van der Waals surface area contributed by atoms with E-state index in [1.165, 1.54) is 12.5 Å². The number of rotatable bonds is 4. The van der Waals surface area contributed by atoms with Crippen LogP contribution in [0.15, 0.2) is 36.8 Å². The fourth-order valence-electron chi connectivity index (χ4n) is 2.27. The predicted molar refractivity (Wildman–Crippen MR) is 85.8 cm³/mol. The van der Waals surface area contributed by atoms with Crippen LogP contribution in [-0.4, -0.2) is 42.8 Å². The molecule has 7 nitrogen and oxygen atoms in total. The summed E-state index contributed by atoms with van der Waals surface area (Å²) in [5, 5.41) is 11.4. The van der Waals surface area contributed by atoms with Gasteiger partial charge in [0.15, 0.2) is 0 Å². The van der Waals surface area contributed by atoms with Crippen molar-refractivity contribution < 1.29 is 4.79 Å². The van der Waals surface area contributed by atoms with E-state index in [-0.39, 0.29) is 5.91 Å². The largest absolute Gasteiger partial charge is 0.334 e. The van der Waals surface area contributed by atoms with E-state index in [1.54, 1.807) is 29.7 Å². The number of benzene rings is 1. The highest BCUT2D eigenvalue weighted by molar-refractivity contribution is 6.33. The molecule has 3 rings (SSSR count). The standard InChI is InChI=1S/C15H15ClN6O/c1-21(8-13-17-9-19-22(13)2)15(23)11-7-18-20-14(11)10-5-3-4-6-12(10)16/h3-7,9H,8H2,1-2H3,(H,18,20). The lowest BCUT2D eigenvalue weighted by Crippen LogP contribution is -2.27. The van der Waals surface area contributed by atoms with Gasteiger partial charge in [-0.15, -0.1) is 0 Å². The fourth-order valence-corrected chi connectivity index (χ4v) is 2.50. The van der Waals surface area contributed by atoms with Gasteiger partial charge >= 0.3 is 0 Å². The Morgan fingerprint density at radius 3 is 2.87 bits per heavy atom. The maximum absolute atomic E-state index is 12.7. The third-order valence-corrected chi connectivity index (χ3v) is 3.87. The molecule has 0 atom stereocenters. The van der Waals surface area contributed by atoms with E-state index in [1.807, 2.05) is 18.2 Å². The summed E-state index contributed by atoms with van der Waals surface area (Å²) in [5.74, 6) is 0.528. The molecule has 0 aliphatic heterocycles. The number of aryl methyl sites for hydroxylation is 1. The molecule has 23 heavy (non-hydrogen) atoms. The molecule has 1 N–H and O–H groups in total. The first-order valence-electron chi connectivity index (χ1n) is 6.94. The van der Waals surface area contributed by atoms with Crippen molar-refractivity contribution in [2.24, 2.45) is 7.05 Å². The Morgan fingerprint density at radius 2 is 2.17 bits per heavy atom. The van der Waals surface area contributed by atoms with Gasteiger partial charge in [0, 0.05) is 24.7 Å². The molecule has 0 spiro atoms. The molecular weight excluding hydrogens is 316 g/mol. The molecule has 2 heterocycles. The topological polar surface area (TPSA) is 79.7 Å². The third-order valence-electron chi connectivity index (χ3n) is 3.54. The highest BCUT2D eigenvalue weighted by atomic mass is 35.5. The van der Waals surface area contributed by atoms with Crippen molar-refractivity contribution in [3.05, 3.63) is 53.2 Å². The minimum Gasteiger partial charge on any atom is -0.334 e. The zero-order chi connectivity index (χ0) is 16.4. The van der Waals surface area contributed by atoms with Crippen molar-refractivity contribution in [3.63, 3.8) is 0 Å². The Hall–Kier alpha value is -2.67. The first-order valence-corrected chi connectivity index (χ1v) is 7.32. The zero-order valence-electron chi connectivity index (χ0n) is 12.7. The van der Waals surface area contributed by atoms with Crippen molar-refractivity contribution in [1.29, 1.82) is 0 Å². The van der Waals surface area contributed by atoms with Crippen LogP contribution in [0.1, 0.15) is 16.2 Å². The molecule has 0 aliphatic carbocycles. The Kier molecular flexibility index (Phi) is 4.12. The van der Waals surface area contributed by atoms with Crippen LogP contribution >= 0.6 is 11.6 Å². The average Bonchev–Trinajstić information content (AvgIpc) is 3.17. The Bertz CT molecular complexity index is 840. The van der Waals surface area contributed by atoms with Gasteiger partial charge in [-0.1, -0.05) is 29.8 Å². The molecule has 2 aromatic heterocycles. The number of hydrogen-bond acceptors (Lipinski definition) is 4. The van der Waals surface area contributed by atoms with Gasteiger partial charge < -0.3 is 4.90 Å². The highest BCUT2D eigenvalue weighted by Gasteiger charge is 2.21. The van der Waals surface area contributed by atoms with Crippen LogP contribution in [0.4, 0.5) is 0 Å². The van der Waals surface area contributed by atoms with E-state index in [0.717, 1.165) is 5.56 Å². The van der Waals surface area contributed by atoms with Crippen molar-refractivity contribution in [1.82, 2.24) is 29.9 Å². The van der Waals surface area contributed by atoms with Gasteiger partial charge in [0.05, 0.1) is 24.0 Å². The molecule has 0 bridgehead atoms. The summed E-state index contributed by atoms with van der Waals surface area (Å²) >= 11 is 6.21. The van der Waals surface area contributed by atoms with E-state index in [2.05, 4.69) is 20.3 Å². The van der Waals surface area contributed by atoms with Crippen molar-refractivity contribution in [3.8, 4) is 11.3 Å². The normalized spacial score (nSPS) is 10.7. The lowest BCUT2D eigenvalue weighted by atomic mass is 10.1. The van der Waals surface area contributed by atoms with E-state index in [0.29, 0.717) is 28.6 Å². The van der Waals surface area contributed by atoms with Crippen LogP contribution in [0, 0.1) is 0 Å². The lowest BCUT2D eigenvalue weighted by Gasteiger charge is -2.16.